The molecule has 2 heterocycles. The molecule has 2 unspecified atom stereocenters. The molecule has 2 fully saturated rings. The molecule has 2 aromatic heterocycles. The minimum atomic E-state index is -1.85. The number of carbonyl (C=O) groups is 2. The summed E-state index contributed by atoms with van der Waals surface area (Å²) in [5.41, 5.74) is -0.727. The van der Waals surface area contributed by atoms with E-state index in [2.05, 4.69) is 31.0 Å². The number of alkyl halides is 1. The molecule has 5 rings (SSSR count). The molecule has 0 saturated heterocycles. The van der Waals surface area contributed by atoms with Crippen LogP contribution in [0.5, 0.6) is 5.75 Å². The molecule has 0 spiro atoms. The predicted octanol–water partition coefficient (Wildman–Crippen LogP) is 2.89. The van der Waals surface area contributed by atoms with E-state index in [0.29, 0.717) is 11.3 Å². The van der Waals surface area contributed by atoms with Gasteiger partial charge >= 0.3 is 0 Å². The van der Waals surface area contributed by atoms with Crippen molar-refractivity contribution in [2.45, 2.75) is 56.7 Å². The maximum atomic E-state index is 14.7. The van der Waals surface area contributed by atoms with Crippen LogP contribution >= 0.6 is 0 Å². The molecule has 2 aliphatic carbocycles. The molecule has 2 saturated carbocycles. The van der Waals surface area contributed by atoms with Crippen molar-refractivity contribution in [3.8, 4) is 5.75 Å². The topological polar surface area (TPSA) is 123 Å². The Morgan fingerprint density at radius 3 is 2.74 bits per heavy atom. The fourth-order valence-corrected chi connectivity index (χ4v) is 3.51. The van der Waals surface area contributed by atoms with Crippen LogP contribution in [0, 0.1) is 0 Å². The average Bonchev–Trinajstić information content (AvgIpc) is 3.79. The predicted molar refractivity (Wildman–Crippen MR) is 124 cm³/mol. The highest BCUT2D eigenvalue weighted by molar-refractivity contribution is 6.00. The lowest BCUT2D eigenvalue weighted by Gasteiger charge is -2.31. The summed E-state index contributed by atoms with van der Waals surface area (Å²) < 4.78 is 21.8. The summed E-state index contributed by atoms with van der Waals surface area (Å²) in [6.07, 6.45) is 6.45. The summed E-state index contributed by atoms with van der Waals surface area (Å²) in [5, 5.41) is 12.9. The van der Waals surface area contributed by atoms with E-state index < -0.39 is 17.9 Å². The number of hydrogen-bond donors (Lipinski definition) is 3. The molecule has 1 aromatic carbocycles. The van der Waals surface area contributed by atoms with Crippen LogP contribution in [0.25, 0.3) is 0 Å². The minimum absolute atomic E-state index is 0.0485. The number of carbonyl (C=O) groups excluding carboxylic acids is 2. The molecular formula is C24H26FN7O3. The number of anilines is 1. The molecule has 0 radical (unpaired) electrons. The largest absolute Gasteiger partial charge is 0.453 e. The SMILES string of the molecule is CC(NC(=O)c1cccnc1)(Nc1cccc(OC(F)c2ncn(C3CC3)n2)c1)C(=O)NC1CC1. The second-order valence-corrected chi connectivity index (χ2v) is 8.97. The van der Waals surface area contributed by atoms with Gasteiger partial charge in [0.1, 0.15) is 12.1 Å². The van der Waals surface area contributed by atoms with Gasteiger partial charge in [-0.25, -0.2) is 9.67 Å². The fourth-order valence-electron chi connectivity index (χ4n) is 3.51. The van der Waals surface area contributed by atoms with Crippen molar-refractivity contribution >= 4 is 17.5 Å². The molecule has 2 aliphatic rings. The van der Waals surface area contributed by atoms with E-state index in [1.54, 1.807) is 54.2 Å². The monoisotopic (exact) mass is 479 g/mol. The first-order valence-corrected chi connectivity index (χ1v) is 11.5. The third-order valence-corrected chi connectivity index (χ3v) is 5.77. The zero-order valence-electron chi connectivity index (χ0n) is 19.1. The van der Waals surface area contributed by atoms with Gasteiger partial charge in [0.2, 0.25) is 5.82 Å². The van der Waals surface area contributed by atoms with Crippen molar-refractivity contribution in [2.24, 2.45) is 0 Å². The quantitative estimate of drug-likeness (QED) is 0.382. The number of hydrogen-bond acceptors (Lipinski definition) is 7. The van der Waals surface area contributed by atoms with Gasteiger partial charge < -0.3 is 20.7 Å². The number of amides is 2. The Morgan fingerprint density at radius 2 is 2.03 bits per heavy atom. The summed E-state index contributed by atoms with van der Waals surface area (Å²) >= 11 is 0. The van der Waals surface area contributed by atoms with E-state index in [1.807, 2.05) is 0 Å². The van der Waals surface area contributed by atoms with Crippen LogP contribution in [0.3, 0.4) is 0 Å². The number of pyridine rings is 1. The Hall–Kier alpha value is -4.02. The van der Waals surface area contributed by atoms with Crippen molar-refractivity contribution in [3.63, 3.8) is 0 Å². The van der Waals surface area contributed by atoms with E-state index in [9.17, 15) is 14.0 Å². The van der Waals surface area contributed by atoms with Gasteiger partial charge in [0.25, 0.3) is 18.2 Å². The first-order chi connectivity index (χ1) is 16.9. The Balaban J connectivity index is 1.31. The molecule has 3 aromatic rings. The Morgan fingerprint density at radius 1 is 1.20 bits per heavy atom. The standard InChI is InChI=1S/C24H26FN7O3/c1-24(23(34)28-16-7-8-16,30-22(33)15-4-3-11-26-13-15)29-17-5-2-6-19(12-17)35-20(25)21-27-14-32(31-21)18-9-10-18/h2-6,11-14,16,18,20,29H,7-10H2,1H3,(H,28,34)(H,30,33). The minimum Gasteiger partial charge on any atom is -0.453 e. The molecule has 182 valence electrons. The zero-order valence-corrected chi connectivity index (χ0v) is 19.1. The second-order valence-electron chi connectivity index (χ2n) is 8.97. The molecule has 3 N–H and O–H groups in total. The summed E-state index contributed by atoms with van der Waals surface area (Å²) in [4.78, 5) is 33.9. The van der Waals surface area contributed by atoms with Crippen LogP contribution in [-0.4, -0.2) is 43.3 Å². The highest BCUT2D eigenvalue weighted by Gasteiger charge is 2.38. The normalized spacial score (nSPS) is 17.7. The number of nitrogens with one attached hydrogen (secondary N) is 3. The molecule has 35 heavy (non-hydrogen) atoms. The van der Waals surface area contributed by atoms with Crippen LogP contribution in [-0.2, 0) is 4.79 Å². The number of halogens is 1. The average molecular weight is 480 g/mol. The smallest absolute Gasteiger partial charge is 0.299 e. The molecule has 0 aliphatic heterocycles. The van der Waals surface area contributed by atoms with Gasteiger partial charge in [-0.1, -0.05) is 6.07 Å². The Bertz CT molecular complexity index is 1210. The highest BCUT2D eigenvalue weighted by atomic mass is 19.1. The molecule has 2 amide bonds. The van der Waals surface area contributed by atoms with E-state index in [-0.39, 0.29) is 29.6 Å². The summed E-state index contributed by atoms with van der Waals surface area (Å²) in [6, 6.07) is 10.1. The van der Waals surface area contributed by atoms with Crippen LogP contribution in [0.4, 0.5) is 10.1 Å². The van der Waals surface area contributed by atoms with Crippen molar-refractivity contribution in [3.05, 3.63) is 66.5 Å². The van der Waals surface area contributed by atoms with Crippen molar-refractivity contribution < 1.29 is 18.7 Å². The zero-order chi connectivity index (χ0) is 24.4. The van der Waals surface area contributed by atoms with E-state index in [4.69, 9.17) is 4.74 Å². The van der Waals surface area contributed by atoms with Gasteiger partial charge in [-0.05, 0) is 56.9 Å². The Kier molecular flexibility index (Phi) is 6.06. The van der Waals surface area contributed by atoms with Gasteiger partial charge in [-0.15, -0.1) is 5.10 Å². The fraction of sp³-hybridized carbons (Fsp3) is 0.375. The van der Waals surface area contributed by atoms with Crippen molar-refractivity contribution in [1.82, 2.24) is 30.4 Å². The van der Waals surface area contributed by atoms with E-state index in [1.165, 1.54) is 12.5 Å². The number of benzene rings is 1. The molecule has 10 nitrogen and oxygen atoms in total. The molecular weight excluding hydrogens is 453 g/mol. The van der Waals surface area contributed by atoms with Crippen LogP contribution in [0.1, 0.15) is 61.2 Å². The first-order valence-electron chi connectivity index (χ1n) is 11.5. The highest BCUT2D eigenvalue weighted by Crippen LogP contribution is 2.34. The third-order valence-electron chi connectivity index (χ3n) is 5.77. The summed E-state index contributed by atoms with van der Waals surface area (Å²) in [5.74, 6) is -0.684. The van der Waals surface area contributed by atoms with Gasteiger partial charge in [0.05, 0.1) is 11.6 Å². The maximum absolute atomic E-state index is 14.7. The third kappa shape index (κ3) is 5.56. The number of nitrogens with zero attached hydrogens (tertiary/aromatic N) is 4. The lowest BCUT2D eigenvalue weighted by atomic mass is 10.1. The van der Waals surface area contributed by atoms with Gasteiger partial charge in [0.15, 0.2) is 5.66 Å². The maximum Gasteiger partial charge on any atom is 0.299 e. The van der Waals surface area contributed by atoms with E-state index in [0.717, 1.165) is 25.7 Å². The lowest BCUT2D eigenvalue weighted by molar-refractivity contribution is -0.125. The number of ether oxygens (including phenoxy) is 1. The van der Waals surface area contributed by atoms with Crippen LogP contribution in [0.15, 0.2) is 55.1 Å². The van der Waals surface area contributed by atoms with Crippen LogP contribution in [0.2, 0.25) is 0 Å². The van der Waals surface area contributed by atoms with Crippen LogP contribution < -0.4 is 20.7 Å². The van der Waals surface area contributed by atoms with E-state index >= 15 is 0 Å². The Labute approximate surface area is 201 Å². The van der Waals surface area contributed by atoms with Crippen molar-refractivity contribution in [2.75, 3.05) is 5.32 Å². The first kappa shape index (κ1) is 22.8. The number of aromatic nitrogens is 4. The summed E-state index contributed by atoms with van der Waals surface area (Å²) in [7, 11) is 0. The molecule has 2 atom stereocenters. The van der Waals surface area contributed by atoms with Gasteiger partial charge in [0, 0.05) is 30.2 Å². The van der Waals surface area contributed by atoms with Gasteiger partial charge in [-0.2, -0.15) is 4.39 Å². The van der Waals surface area contributed by atoms with Gasteiger partial charge in [-0.3, -0.25) is 14.6 Å². The van der Waals surface area contributed by atoms with Crippen molar-refractivity contribution in [1.29, 1.82) is 0 Å². The molecule has 0 bridgehead atoms. The second kappa shape index (κ2) is 9.32. The summed E-state index contributed by atoms with van der Waals surface area (Å²) in [6.45, 7) is 1.57. The molecule has 11 heteroatoms. The number of rotatable bonds is 10. The lowest BCUT2D eigenvalue weighted by Crippen LogP contribution is -2.62.